The van der Waals surface area contributed by atoms with Crippen LogP contribution in [-0.2, 0) is 14.8 Å². The first-order chi connectivity index (χ1) is 16.7. The highest BCUT2D eigenvalue weighted by molar-refractivity contribution is 7.89. The van der Waals surface area contributed by atoms with Gasteiger partial charge in [0, 0.05) is 38.8 Å². The van der Waals surface area contributed by atoms with E-state index in [0.717, 1.165) is 29.8 Å². The Bertz CT molecular complexity index is 1250. The fourth-order valence-corrected chi connectivity index (χ4v) is 5.47. The van der Waals surface area contributed by atoms with Gasteiger partial charge in [-0.1, -0.05) is 36.4 Å². The van der Waals surface area contributed by atoms with Gasteiger partial charge in [0.25, 0.3) is 0 Å². The van der Waals surface area contributed by atoms with Crippen molar-refractivity contribution in [1.29, 1.82) is 0 Å². The Balaban J connectivity index is 1.36. The van der Waals surface area contributed by atoms with Crippen molar-refractivity contribution in [2.45, 2.75) is 11.0 Å². The summed E-state index contributed by atoms with van der Waals surface area (Å²) in [4.78, 5) is 1.59. The molecular weight excluding hydrogens is 484 g/mol. The maximum Gasteiger partial charge on any atom is 0.243 e. The number of benzene rings is 3. The Morgan fingerprint density at radius 1 is 0.771 bits per heavy atom. The van der Waals surface area contributed by atoms with Gasteiger partial charge >= 0.3 is 0 Å². The van der Waals surface area contributed by atoms with Crippen LogP contribution in [0.4, 0.5) is 17.6 Å². The van der Waals surface area contributed by atoms with E-state index in [0.29, 0.717) is 31.3 Å². The molecule has 0 unspecified atom stereocenters. The van der Waals surface area contributed by atoms with Crippen LogP contribution in [0.3, 0.4) is 0 Å². The van der Waals surface area contributed by atoms with E-state index in [1.54, 1.807) is 0 Å². The highest BCUT2D eigenvalue weighted by Crippen LogP contribution is 2.27. The molecule has 1 aliphatic rings. The van der Waals surface area contributed by atoms with Crippen LogP contribution in [0.15, 0.2) is 71.6 Å². The molecule has 5 nitrogen and oxygen atoms in total. The zero-order chi connectivity index (χ0) is 25.0. The summed E-state index contributed by atoms with van der Waals surface area (Å²) in [6, 6.07) is 15.1. The Kier molecular flexibility index (Phi) is 7.85. The molecule has 10 heteroatoms. The summed E-state index contributed by atoms with van der Waals surface area (Å²) in [5.74, 6) is -3.79. The summed E-state index contributed by atoms with van der Waals surface area (Å²) < 4.78 is 87.0. The van der Waals surface area contributed by atoms with E-state index in [1.165, 1.54) is 10.4 Å². The van der Waals surface area contributed by atoms with Gasteiger partial charge in [0.05, 0.1) is 11.5 Å². The van der Waals surface area contributed by atoms with Crippen LogP contribution in [0.25, 0.3) is 0 Å². The van der Waals surface area contributed by atoms with Gasteiger partial charge in [-0.3, -0.25) is 4.90 Å². The van der Waals surface area contributed by atoms with Crippen molar-refractivity contribution in [1.82, 2.24) is 9.21 Å². The van der Waals surface area contributed by atoms with Crippen molar-refractivity contribution >= 4 is 10.0 Å². The fourth-order valence-electron chi connectivity index (χ4n) is 4.01. The van der Waals surface area contributed by atoms with Gasteiger partial charge in [0.15, 0.2) is 11.6 Å². The minimum atomic E-state index is -4.01. The molecule has 0 saturated carbocycles. The predicted molar refractivity (Wildman–Crippen MR) is 122 cm³/mol. The molecule has 1 heterocycles. The van der Waals surface area contributed by atoms with Crippen molar-refractivity contribution in [3.63, 3.8) is 0 Å². The van der Waals surface area contributed by atoms with Gasteiger partial charge < -0.3 is 4.74 Å². The van der Waals surface area contributed by atoms with E-state index >= 15 is 0 Å². The second-order valence-electron chi connectivity index (χ2n) is 8.19. The zero-order valence-electron chi connectivity index (χ0n) is 18.7. The molecule has 1 fully saturated rings. The monoisotopic (exact) mass is 508 g/mol. The van der Waals surface area contributed by atoms with E-state index in [9.17, 15) is 26.0 Å². The van der Waals surface area contributed by atoms with E-state index in [1.807, 2.05) is 35.2 Å². The third kappa shape index (κ3) is 6.07. The summed E-state index contributed by atoms with van der Waals surface area (Å²) in [5, 5.41) is 0. The molecule has 0 aliphatic carbocycles. The number of sulfonamides is 1. The van der Waals surface area contributed by atoms with Crippen LogP contribution >= 0.6 is 0 Å². The number of rotatable bonds is 8. The molecule has 0 N–H and O–H groups in total. The molecule has 186 valence electrons. The molecular formula is C25H24F4N2O3S. The average molecular weight is 509 g/mol. The lowest BCUT2D eigenvalue weighted by atomic mass is 10.0. The van der Waals surface area contributed by atoms with E-state index < -0.39 is 44.3 Å². The number of ether oxygens (including phenoxy) is 1. The maximum atomic E-state index is 13.8. The van der Waals surface area contributed by atoms with Crippen molar-refractivity contribution in [2.75, 3.05) is 39.3 Å². The lowest BCUT2D eigenvalue weighted by Gasteiger charge is -2.34. The molecule has 1 atom stereocenters. The minimum absolute atomic E-state index is 0.158. The van der Waals surface area contributed by atoms with Crippen LogP contribution < -0.4 is 0 Å². The zero-order valence-corrected chi connectivity index (χ0v) is 19.5. The minimum Gasteiger partial charge on any atom is -0.367 e. The first-order valence-corrected chi connectivity index (χ1v) is 12.5. The molecule has 1 saturated heterocycles. The van der Waals surface area contributed by atoms with Crippen molar-refractivity contribution in [2.24, 2.45) is 0 Å². The van der Waals surface area contributed by atoms with Gasteiger partial charge in [-0.2, -0.15) is 4.31 Å². The Hall–Kier alpha value is -2.79. The van der Waals surface area contributed by atoms with Crippen LogP contribution in [0, 0.1) is 23.3 Å². The van der Waals surface area contributed by atoms with Gasteiger partial charge in [-0.25, -0.2) is 26.0 Å². The van der Waals surface area contributed by atoms with Crippen molar-refractivity contribution in [3.8, 4) is 0 Å². The third-order valence-corrected chi connectivity index (χ3v) is 7.72. The molecule has 0 amide bonds. The standard InChI is InChI=1S/C25H24F4N2O3S/c26-20-15-21(27)17-22(16-20)35(32,33)31-10-8-30(9-11-31)12-13-34-25(18-4-2-1-3-5-18)19-6-7-23(28)24(29)14-19/h1-7,14-17,25H,8-13H2/t25-/m0/s1. The van der Waals surface area contributed by atoms with Crippen molar-refractivity contribution in [3.05, 3.63) is 101 Å². The highest BCUT2D eigenvalue weighted by atomic mass is 32.2. The van der Waals surface area contributed by atoms with Crippen LogP contribution in [0.5, 0.6) is 0 Å². The number of piperazine rings is 1. The molecule has 35 heavy (non-hydrogen) atoms. The number of hydrogen-bond acceptors (Lipinski definition) is 4. The largest absolute Gasteiger partial charge is 0.367 e. The third-order valence-electron chi connectivity index (χ3n) is 5.85. The summed E-state index contributed by atoms with van der Waals surface area (Å²) in [6.07, 6.45) is -0.601. The SMILES string of the molecule is O=S(=O)(c1cc(F)cc(F)c1)N1CCN(CCO[C@@H](c2ccccc2)c2ccc(F)c(F)c2)CC1. The summed E-state index contributed by atoms with van der Waals surface area (Å²) >= 11 is 0. The molecule has 0 bridgehead atoms. The smallest absolute Gasteiger partial charge is 0.243 e. The van der Waals surface area contributed by atoms with Crippen LogP contribution in [0.2, 0.25) is 0 Å². The Labute approximate surface area is 201 Å². The molecule has 3 aromatic carbocycles. The average Bonchev–Trinajstić information content (AvgIpc) is 2.84. The lowest BCUT2D eigenvalue weighted by molar-refractivity contribution is 0.0525. The quantitative estimate of drug-likeness (QED) is 0.425. The van der Waals surface area contributed by atoms with Crippen LogP contribution in [-0.4, -0.2) is 57.0 Å². The van der Waals surface area contributed by atoms with Gasteiger partial charge in [0.2, 0.25) is 10.0 Å². The van der Waals surface area contributed by atoms with Crippen LogP contribution in [0.1, 0.15) is 17.2 Å². The van der Waals surface area contributed by atoms with E-state index in [2.05, 4.69) is 0 Å². The van der Waals surface area contributed by atoms with Gasteiger partial charge in [-0.05, 0) is 35.4 Å². The number of nitrogens with zero attached hydrogens (tertiary/aromatic N) is 2. The summed E-state index contributed by atoms with van der Waals surface area (Å²) in [6.45, 7) is 1.87. The first-order valence-electron chi connectivity index (χ1n) is 11.0. The maximum absolute atomic E-state index is 13.8. The Morgan fingerprint density at radius 3 is 2.06 bits per heavy atom. The number of halogens is 4. The molecule has 1 aliphatic heterocycles. The topological polar surface area (TPSA) is 49.9 Å². The molecule has 3 aromatic rings. The normalized spacial score (nSPS) is 16.3. The molecule has 0 aromatic heterocycles. The second kappa shape index (κ2) is 10.9. The Morgan fingerprint density at radius 2 is 1.43 bits per heavy atom. The fraction of sp³-hybridized carbons (Fsp3) is 0.280. The first kappa shape index (κ1) is 25.3. The summed E-state index contributed by atoms with van der Waals surface area (Å²) in [7, 11) is -4.01. The molecule has 4 rings (SSSR count). The molecule has 0 spiro atoms. The predicted octanol–water partition coefficient (Wildman–Crippen LogP) is 4.36. The lowest BCUT2D eigenvalue weighted by Crippen LogP contribution is -2.49. The highest BCUT2D eigenvalue weighted by Gasteiger charge is 2.29. The van der Waals surface area contributed by atoms with E-state index in [-0.39, 0.29) is 19.7 Å². The summed E-state index contributed by atoms with van der Waals surface area (Å²) in [5.41, 5.74) is 1.27. The molecule has 0 radical (unpaired) electrons. The number of hydrogen-bond donors (Lipinski definition) is 0. The van der Waals surface area contributed by atoms with Gasteiger partial charge in [-0.15, -0.1) is 0 Å². The van der Waals surface area contributed by atoms with E-state index in [4.69, 9.17) is 4.74 Å². The van der Waals surface area contributed by atoms with Crippen molar-refractivity contribution < 1.29 is 30.7 Å². The van der Waals surface area contributed by atoms with Gasteiger partial charge in [0.1, 0.15) is 17.7 Å². The second-order valence-corrected chi connectivity index (χ2v) is 10.1.